The minimum Gasteiger partial charge on any atom is -0.480 e. The summed E-state index contributed by atoms with van der Waals surface area (Å²) in [5.41, 5.74) is 0. The number of morpholine rings is 1. The Morgan fingerprint density at radius 1 is 1.59 bits per heavy atom. The first-order valence-corrected chi connectivity index (χ1v) is 5.55. The average molecular weight is 242 g/mol. The van der Waals surface area contributed by atoms with Gasteiger partial charge in [0.15, 0.2) is 0 Å². The van der Waals surface area contributed by atoms with Crippen LogP contribution in [0.2, 0.25) is 0 Å². The topological polar surface area (TPSA) is 78.9 Å². The second-order valence-corrected chi connectivity index (χ2v) is 3.89. The molecule has 0 aliphatic carbocycles. The maximum atomic E-state index is 11.9. The molecule has 1 atom stereocenters. The molecule has 6 heteroatoms. The smallest absolute Gasteiger partial charge is 0.323 e. The minimum atomic E-state index is -1.02. The van der Waals surface area contributed by atoms with E-state index in [0.29, 0.717) is 13.2 Å². The number of nitrogens with one attached hydrogen (secondary N) is 1. The molecule has 96 valence electrons. The number of rotatable bonds is 6. The van der Waals surface area contributed by atoms with Crippen molar-refractivity contribution in [3.8, 4) is 0 Å². The van der Waals surface area contributed by atoms with Gasteiger partial charge in [-0.05, 0) is 0 Å². The van der Waals surface area contributed by atoms with E-state index in [4.69, 9.17) is 9.84 Å². The molecule has 0 aromatic heterocycles. The van der Waals surface area contributed by atoms with Crippen LogP contribution >= 0.6 is 0 Å². The van der Waals surface area contributed by atoms with Crippen LogP contribution in [-0.2, 0) is 14.3 Å². The summed E-state index contributed by atoms with van der Waals surface area (Å²) in [6, 6.07) is -0.0302. The van der Waals surface area contributed by atoms with Gasteiger partial charge in [-0.25, -0.2) is 0 Å². The van der Waals surface area contributed by atoms with Crippen LogP contribution in [0.1, 0.15) is 6.42 Å². The van der Waals surface area contributed by atoms with Gasteiger partial charge in [-0.3, -0.25) is 9.59 Å². The standard InChI is InChI=1S/C11H18N2O4/c1-2-4-13(7-11(15)16)10(14)6-9-8-17-5-3-12-9/h2,9,12H,1,3-8H2,(H,15,16). The van der Waals surface area contributed by atoms with Crippen molar-refractivity contribution in [2.75, 3.05) is 32.8 Å². The summed E-state index contributed by atoms with van der Waals surface area (Å²) >= 11 is 0. The summed E-state index contributed by atoms with van der Waals surface area (Å²) in [7, 11) is 0. The maximum Gasteiger partial charge on any atom is 0.323 e. The van der Waals surface area contributed by atoms with Gasteiger partial charge in [0.2, 0.25) is 5.91 Å². The van der Waals surface area contributed by atoms with E-state index >= 15 is 0 Å². The van der Waals surface area contributed by atoms with E-state index in [0.717, 1.165) is 6.54 Å². The molecule has 1 fully saturated rings. The third kappa shape index (κ3) is 4.97. The van der Waals surface area contributed by atoms with Gasteiger partial charge in [-0.2, -0.15) is 0 Å². The number of hydrogen-bond donors (Lipinski definition) is 2. The Labute approximate surface area is 100 Å². The Morgan fingerprint density at radius 2 is 2.35 bits per heavy atom. The van der Waals surface area contributed by atoms with Crippen LogP contribution in [0.25, 0.3) is 0 Å². The fourth-order valence-corrected chi connectivity index (χ4v) is 1.66. The Morgan fingerprint density at radius 3 is 2.88 bits per heavy atom. The van der Waals surface area contributed by atoms with Crippen LogP contribution in [0.15, 0.2) is 12.7 Å². The number of carbonyl (C=O) groups excluding carboxylic acids is 1. The fraction of sp³-hybridized carbons (Fsp3) is 0.636. The van der Waals surface area contributed by atoms with Gasteiger partial charge >= 0.3 is 5.97 Å². The number of aliphatic carboxylic acids is 1. The fourth-order valence-electron chi connectivity index (χ4n) is 1.66. The summed E-state index contributed by atoms with van der Waals surface area (Å²) < 4.78 is 5.23. The molecule has 0 spiro atoms. The highest BCUT2D eigenvalue weighted by atomic mass is 16.5. The number of hydrogen-bond acceptors (Lipinski definition) is 4. The van der Waals surface area contributed by atoms with Crippen molar-refractivity contribution in [2.24, 2.45) is 0 Å². The van der Waals surface area contributed by atoms with E-state index in [9.17, 15) is 9.59 Å². The SMILES string of the molecule is C=CCN(CC(=O)O)C(=O)CC1COCCN1. The van der Waals surface area contributed by atoms with E-state index in [-0.39, 0.29) is 31.5 Å². The molecule has 0 saturated carbocycles. The van der Waals surface area contributed by atoms with Crippen LogP contribution in [0.3, 0.4) is 0 Å². The highest BCUT2D eigenvalue weighted by Crippen LogP contribution is 2.03. The number of carboxylic acid groups (broad SMARTS) is 1. The molecular formula is C11H18N2O4. The Hall–Kier alpha value is -1.40. The molecular weight excluding hydrogens is 224 g/mol. The number of nitrogens with zero attached hydrogens (tertiary/aromatic N) is 1. The number of carbonyl (C=O) groups is 2. The number of amides is 1. The minimum absolute atomic E-state index is 0.0302. The van der Waals surface area contributed by atoms with Gasteiger partial charge in [0.25, 0.3) is 0 Å². The third-order valence-corrected chi connectivity index (χ3v) is 2.45. The lowest BCUT2D eigenvalue weighted by atomic mass is 10.2. The van der Waals surface area contributed by atoms with E-state index < -0.39 is 5.97 Å². The molecule has 2 N–H and O–H groups in total. The first kappa shape index (κ1) is 13.7. The molecule has 1 heterocycles. The Bertz CT molecular complexity index is 287. The van der Waals surface area contributed by atoms with Crippen molar-refractivity contribution in [3.63, 3.8) is 0 Å². The van der Waals surface area contributed by atoms with Crippen LogP contribution in [0.4, 0.5) is 0 Å². The predicted octanol–water partition coefficient (Wildman–Crippen LogP) is -0.536. The van der Waals surface area contributed by atoms with Crippen molar-refractivity contribution in [1.82, 2.24) is 10.2 Å². The molecule has 0 radical (unpaired) electrons. The predicted molar refractivity (Wildman–Crippen MR) is 61.6 cm³/mol. The quantitative estimate of drug-likeness (QED) is 0.612. The van der Waals surface area contributed by atoms with E-state index in [1.165, 1.54) is 11.0 Å². The maximum absolute atomic E-state index is 11.9. The van der Waals surface area contributed by atoms with Crippen molar-refractivity contribution in [1.29, 1.82) is 0 Å². The van der Waals surface area contributed by atoms with E-state index in [1.807, 2.05) is 0 Å². The van der Waals surface area contributed by atoms with Crippen molar-refractivity contribution in [3.05, 3.63) is 12.7 Å². The summed E-state index contributed by atoms with van der Waals surface area (Å²) in [5, 5.41) is 11.9. The second kappa shape index (κ2) is 7.03. The largest absolute Gasteiger partial charge is 0.480 e. The molecule has 1 aliphatic rings. The zero-order chi connectivity index (χ0) is 12.7. The van der Waals surface area contributed by atoms with Crippen molar-refractivity contribution < 1.29 is 19.4 Å². The van der Waals surface area contributed by atoms with Crippen LogP contribution in [0, 0.1) is 0 Å². The summed E-state index contributed by atoms with van der Waals surface area (Å²) in [6.07, 6.45) is 1.77. The Kier molecular flexibility index (Phi) is 5.65. The molecule has 1 unspecified atom stereocenters. The zero-order valence-corrected chi connectivity index (χ0v) is 9.72. The lowest BCUT2D eigenvalue weighted by Gasteiger charge is -2.26. The van der Waals surface area contributed by atoms with Gasteiger partial charge in [0.1, 0.15) is 6.54 Å². The molecule has 1 rings (SSSR count). The molecule has 0 bridgehead atoms. The van der Waals surface area contributed by atoms with E-state index in [2.05, 4.69) is 11.9 Å². The summed E-state index contributed by atoms with van der Waals surface area (Å²) in [5.74, 6) is -1.22. The van der Waals surface area contributed by atoms with Gasteiger partial charge < -0.3 is 20.1 Å². The van der Waals surface area contributed by atoms with Crippen LogP contribution in [0.5, 0.6) is 0 Å². The molecule has 1 aliphatic heterocycles. The third-order valence-electron chi connectivity index (χ3n) is 2.45. The molecule has 0 aromatic rings. The molecule has 1 amide bonds. The second-order valence-electron chi connectivity index (χ2n) is 3.89. The van der Waals surface area contributed by atoms with Crippen molar-refractivity contribution in [2.45, 2.75) is 12.5 Å². The summed E-state index contributed by atoms with van der Waals surface area (Å²) in [4.78, 5) is 23.7. The van der Waals surface area contributed by atoms with Crippen LogP contribution in [-0.4, -0.2) is 60.8 Å². The summed E-state index contributed by atoms with van der Waals surface area (Å²) in [6.45, 7) is 5.32. The first-order chi connectivity index (χ1) is 8.13. The van der Waals surface area contributed by atoms with Gasteiger partial charge in [0, 0.05) is 25.6 Å². The van der Waals surface area contributed by atoms with Crippen molar-refractivity contribution >= 4 is 11.9 Å². The average Bonchev–Trinajstić information content (AvgIpc) is 2.29. The van der Waals surface area contributed by atoms with E-state index in [1.54, 1.807) is 0 Å². The normalized spacial score (nSPS) is 19.6. The number of carboxylic acids is 1. The van der Waals surface area contributed by atoms with Gasteiger partial charge in [-0.1, -0.05) is 6.08 Å². The number of ether oxygens (including phenoxy) is 1. The lowest BCUT2D eigenvalue weighted by Crippen LogP contribution is -2.46. The zero-order valence-electron chi connectivity index (χ0n) is 9.72. The first-order valence-electron chi connectivity index (χ1n) is 5.55. The highest BCUT2D eigenvalue weighted by Gasteiger charge is 2.21. The monoisotopic (exact) mass is 242 g/mol. The molecule has 1 saturated heterocycles. The lowest BCUT2D eigenvalue weighted by molar-refractivity contribution is -0.144. The highest BCUT2D eigenvalue weighted by molar-refractivity contribution is 5.81. The van der Waals surface area contributed by atoms with Gasteiger partial charge in [-0.15, -0.1) is 6.58 Å². The van der Waals surface area contributed by atoms with Crippen LogP contribution < -0.4 is 5.32 Å². The molecule has 17 heavy (non-hydrogen) atoms. The molecule has 6 nitrogen and oxygen atoms in total. The Balaban J connectivity index is 2.45. The van der Waals surface area contributed by atoms with Gasteiger partial charge in [0.05, 0.1) is 13.2 Å². The molecule has 0 aromatic carbocycles.